The Bertz CT molecular complexity index is 105. The zero-order valence-electron chi connectivity index (χ0n) is 6.26. The number of nitrogens with one attached hydrogen (secondary N) is 1. The second-order valence-electron chi connectivity index (χ2n) is 1.60. The van der Waals surface area contributed by atoms with Crippen molar-refractivity contribution in [2.24, 2.45) is 0 Å². The molecular weight excluding hydrogens is 134 g/mol. The monoisotopic (exact) mass is 147 g/mol. The van der Waals surface area contributed by atoms with Gasteiger partial charge in [-0.1, -0.05) is 0 Å². The van der Waals surface area contributed by atoms with Crippen molar-refractivity contribution >= 4 is 5.90 Å². The maximum Gasteiger partial charge on any atom is 0.239 e. The molecule has 0 saturated carbocycles. The highest BCUT2D eigenvalue weighted by Gasteiger charge is 2.09. The van der Waals surface area contributed by atoms with Gasteiger partial charge in [0.15, 0.2) is 0 Å². The van der Waals surface area contributed by atoms with Crippen LogP contribution in [0, 0.1) is 5.41 Å². The van der Waals surface area contributed by atoms with E-state index in [0.29, 0.717) is 13.2 Å². The molecule has 1 unspecified atom stereocenters. The third kappa shape index (κ3) is 3.42. The number of aliphatic hydroxyl groups is 1. The van der Waals surface area contributed by atoms with Crippen molar-refractivity contribution in [3.05, 3.63) is 0 Å². The molecule has 0 amide bonds. The van der Waals surface area contributed by atoms with Gasteiger partial charge in [0.05, 0.1) is 6.61 Å². The van der Waals surface area contributed by atoms with Crippen LogP contribution >= 0.6 is 0 Å². The minimum absolute atomic E-state index is 0.232. The van der Waals surface area contributed by atoms with Gasteiger partial charge in [0, 0.05) is 6.61 Å². The highest BCUT2D eigenvalue weighted by molar-refractivity contribution is 5.75. The number of rotatable bonds is 4. The Morgan fingerprint density at radius 1 is 1.50 bits per heavy atom. The molecule has 0 rings (SSSR count). The summed E-state index contributed by atoms with van der Waals surface area (Å²) in [4.78, 5) is 0. The van der Waals surface area contributed by atoms with Gasteiger partial charge in [-0.2, -0.15) is 0 Å². The van der Waals surface area contributed by atoms with E-state index in [1.54, 1.807) is 13.8 Å². The van der Waals surface area contributed by atoms with Crippen molar-refractivity contribution in [3.63, 3.8) is 0 Å². The zero-order valence-corrected chi connectivity index (χ0v) is 6.26. The van der Waals surface area contributed by atoms with Gasteiger partial charge in [-0.15, -0.1) is 0 Å². The van der Waals surface area contributed by atoms with Crippen LogP contribution in [0.3, 0.4) is 0 Å². The van der Waals surface area contributed by atoms with E-state index < -0.39 is 6.29 Å². The average Bonchev–Trinajstić information content (AvgIpc) is 1.89. The van der Waals surface area contributed by atoms with E-state index >= 15 is 0 Å². The summed E-state index contributed by atoms with van der Waals surface area (Å²) in [7, 11) is 0. The summed E-state index contributed by atoms with van der Waals surface area (Å²) in [5.41, 5.74) is 0. The first-order chi connectivity index (χ1) is 4.72. The molecule has 0 aliphatic rings. The lowest BCUT2D eigenvalue weighted by atomic mass is 10.6. The molecule has 60 valence electrons. The maximum absolute atomic E-state index is 8.88. The van der Waals surface area contributed by atoms with Gasteiger partial charge >= 0.3 is 0 Å². The van der Waals surface area contributed by atoms with Crippen LogP contribution in [-0.4, -0.2) is 30.5 Å². The molecule has 0 heterocycles. The Kier molecular flexibility index (Phi) is 4.88. The molecule has 4 heteroatoms. The van der Waals surface area contributed by atoms with E-state index in [1.165, 1.54) is 0 Å². The molecule has 1 atom stereocenters. The van der Waals surface area contributed by atoms with E-state index in [9.17, 15) is 0 Å². The van der Waals surface area contributed by atoms with Crippen LogP contribution in [0.4, 0.5) is 0 Å². The van der Waals surface area contributed by atoms with Crippen molar-refractivity contribution in [1.82, 2.24) is 0 Å². The molecule has 0 aromatic heterocycles. The predicted octanol–water partition coefficient (Wildman–Crippen LogP) is 0.355. The van der Waals surface area contributed by atoms with E-state index in [2.05, 4.69) is 9.47 Å². The topological polar surface area (TPSA) is 62.5 Å². The van der Waals surface area contributed by atoms with Crippen molar-refractivity contribution in [2.75, 3.05) is 13.2 Å². The second-order valence-corrected chi connectivity index (χ2v) is 1.60. The minimum atomic E-state index is -1.20. The van der Waals surface area contributed by atoms with Crippen LogP contribution in [0.1, 0.15) is 13.8 Å². The third-order valence-electron chi connectivity index (χ3n) is 0.849. The van der Waals surface area contributed by atoms with Gasteiger partial charge in [-0.3, -0.25) is 5.41 Å². The lowest BCUT2D eigenvalue weighted by molar-refractivity contribution is -0.0587. The van der Waals surface area contributed by atoms with Crippen LogP contribution in [0.25, 0.3) is 0 Å². The van der Waals surface area contributed by atoms with Crippen LogP contribution in [-0.2, 0) is 9.47 Å². The quantitative estimate of drug-likeness (QED) is 0.343. The number of aliphatic hydroxyl groups excluding tert-OH is 1. The van der Waals surface area contributed by atoms with E-state index in [-0.39, 0.29) is 5.90 Å². The zero-order chi connectivity index (χ0) is 7.98. The van der Waals surface area contributed by atoms with Gasteiger partial charge in [0.2, 0.25) is 12.2 Å². The van der Waals surface area contributed by atoms with E-state index in [0.717, 1.165) is 0 Å². The smallest absolute Gasteiger partial charge is 0.239 e. The van der Waals surface area contributed by atoms with E-state index in [4.69, 9.17) is 10.5 Å². The Hall–Kier alpha value is -0.610. The molecule has 0 spiro atoms. The van der Waals surface area contributed by atoms with Crippen molar-refractivity contribution < 1.29 is 14.6 Å². The summed E-state index contributed by atoms with van der Waals surface area (Å²) in [6.07, 6.45) is -1.20. The van der Waals surface area contributed by atoms with Crippen molar-refractivity contribution in [3.8, 4) is 0 Å². The van der Waals surface area contributed by atoms with Gasteiger partial charge in [0.1, 0.15) is 0 Å². The average molecular weight is 147 g/mol. The predicted molar refractivity (Wildman–Crippen MR) is 37.0 cm³/mol. The molecule has 0 fully saturated rings. The first-order valence-corrected chi connectivity index (χ1v) is 3.23. The summed E-state index contributed by atoms with van der Waals surface area (Å²) in [5, 5.41) is 15.9. The van der Waals surface area contributed by atoms with Crippen molar-refractivity contribution in [2.45, 2.75) is 20.1 Å². The van der Waals surface area contributed by atoms with Crippen LogP contribution in [0.15, 0.2) is 0 Å². The molecule has 0 radical (unpaired) electrons. The molecule has 0 aromatic carbocycles. The third-order valence-corrected chi connectivity index (χ3v) is 0.849. The minimum Gasteiger partial charge on any atom is -0.478 e. The fraction of sp³-hybridized carbons (Fsp3) is 0.833. The lowest BCUT2D eigenvalue weighted by Gasteiger charge is -2.10. The molecular formula is C6H13NO3. The highest BCUT2D eigenvalue weighted by Crippen LogP contribution is 1.90. The largest absolute Gasteiger partial charge is 0.478 e. The Morgan fingerprint density at radius 3 is 2.50 bits per heavy atom. The van der Waals surface area contributed by atoms with Gasteiger partial charge < -0.3 is 14.6 Å². The summed E-state index contributed by atoms with van der Waals surface area (Å²) in [5.74, 6) is -0.232. The van der Waals surface area contributed by atoms with Gasteiger partial charge in [0.25, 0.3) is 0 Å². The maximum atomic E-state index is 8.88. The summed E-state index contributed by atoms with van der Waals surface area (Å²) in [6.45, 7) is 4.23. The van der Waals surface area contributed by atoms with Crippen molar-refractivity contribution in [1.29, 1.82) is 5.41 Å². The second kappa shape index (κ2) is 5.20. The Labute approximate surface area is 60.3 Å². The SMILES string of the molecule is CCOC(=N)C(O)OCC. The first kappa shape index (κ1) is 9.39. The number of ether oxygens (including phenoxy) is 2. The highest BCUT2D eigenvalue weighted by atomic mass is 16.6. The molecule has 0 aliphatic heterocycles. The number of hydrogen-bond donors (Lipinski definition) is 2. The Balaban J connectivity index is 3.49. The molecule has 0 bridgehead atoms. The molecule has 2 N–H and O–H groups in total. The van der Waals surface area contributed by atoms with Crippen LogP contribution < -0.4 is 0 Å². The fourth-order valence-corrected chi connectivity index (χ4v) is 0.460. The molecule has 4 nitrogen and oxygen atoms in total. The molecule has 0 aliphatic carbocycles. The van der Waals surface area contributed by atoms with E-state index in [1.807, 2.05) is 0 Å². The molecule has 10 heavy (non-hydrogen) atoms. The fourth-order valence-electron chi connectivity index (χ4n) is 0.460. The normalized spacial score (nSPS) is 12.7. The first-order valence-electron chi connectivity index (χ1n) is 3.23. The van der Waals surface area contributed by atoms with Gasteiger partial charge in [-0.05, 0) is 13.8 Å². The molecule has 0 saturated heterocycles. The summed E-state index contributed by atoms with van der Waals surface area (Å²) >= 11 is 0. The van der Waals surface area contributed by atoms with Crippen LogP contribution in [0.2, 0.25) is 0 Å². The molecule has 0 aromatic rings. The summed E-state index contributed by atoms with van der Waals surface area (Å²) in [6, 6.07) is 0. The summed E-state index contributed by atoms with van der Waals surface area (Å²) < 4.78 is 9.33. The Morgan fingerprint density at radius 2 is 2.10 bits per heavy atom. The lowest BCUT2D eigenvalue weighted by Crippen LogP contribution is -2.25. The van der Waals surface area contributed by atoms with Crippen LogP contribution in [0.5, 0.6) is 0 Å². The number of hydrogen-bond acceptors (Lipinski definition) is 4. The standard InChI is InChI=1S/C6H13NO3/c1-3-9-5(7)6(8)10-4-2/h6-8H,3-4H2,1-2H3. The van der Waals surface area contributed by atoms with Gasteiger partial charge in [-0.25, -0.2) is 0 Å².